The lowest BCUT2D eigenvalue weighted by molar-refractivity contribution is 0.554. The Balaban J connectivity index is 2.45. The Kier molecular flexibility index (Phi) is 4.11. The number of nitrogens with zero attached hydrogens (tertiary/aromatic N) is 2. The number of aromatic nitrogens is 2. The molecule has 0 aliphatic carbocycles. The van der Waals surface area contributed by atoms with Crippen molar-refractivity contribution in [1.29, 1.82) is 0 Å². The molecular weight excluding hydrogens is 299 g/mol. The van der Waals surface area contributed by atoms with Crippen molar-refractivity contribution in [2.75, 3.05) is 0 Å². The van der Waals surface area contributed by atoms with Crippen LogP contribution in [0.15, 0.2) is 35.1 Å². The van der Waals surface area contributed by atoms with Crippen molar-refractivity contribution in [3.05, 3.63) is 52.3 Å². The quantitative estimate of drug-likeness (QED) is 0.673. The number of hydrogen-bond acceptors (Lipinski definition) is 3. The lowest BCUT2D eigenvalue weighted by Gasteiger charge is -2.17. The number of hydrogen-bond donors (Lipinski definition) is 2. The molecule has 2 aromatic rings. The second-order valence-electron chi connectivity index (χ2n) is 3.87. The van der Waals surface area contributed by atoms with E-state index < -0.39 is 0 Å². The van der Waals surface area contributed by atoms with Crippen molar-refractivity contribution < 1.29 is 4.39 Å². The van der Waals surface area contributed by atoms with E-state index in [2.05, 4.69) is 26.3 Å². The van der Waals surface area contributed by atoms with Gasteiger partial charge in [-0.15, -0.1) is 0 Å². The zero-order valence-corrected chi connectivity index (χ0v) is 11.5. The van der Waals surface area contributed by atoms with E-state index in [9.17, 15) is 4.39 Å². The minimum Gasteiger partial charge on any atom is -0.334 e. The predicted molar refractivity (Wildman–Crippen MR) is 71.2 cm³/mol. The second kappa shape index (κ2) is 5.60. The normalized spacial score (nSPS) is 12.7. The van der Waals surface area contributed by atoms with Gasteiger partial charge in [0.25, 0.3) is 0 Å². The Morgan fingerprint density at radius 1 is 1.50 bits per heavy atom. The highest BCUT2D eigenvalue weighted by atomic mass is 79.9. The molecule has 0 amide bonds. The smallest absolute Gasteiger partial charge is 0.131 e. The summed E-state index contributed by atoms with van der Waals surface area (Å²) in [4.78, 5) is 4.28. The van der Waals surface area contributed by atoms with Gasteiger partial charge in [0.05, 0.1) is 0 Å². The summed E-state index contributed by atoms with van der Waals surface area (Å²) in [5.74, 6) is 6.03. The van der Waals surface area contributed by atoms with Gasteiger partial charge in [-0.1, -0.05) is 15.9 Å². The number of nitrogens with one attached hydrogen (secondary N) is 1. The molecule has 1 unspecified atom stereocenters. The number of aryl methyl sites for hydroxylation is 1. The van der Waals surface area contributed by atoms with Crippen LogP contribution in [0.5, 0.6) is 0 Å². The highest BCUT2D eigenvalue weighted by Gasteiger charge is 2.18. The Bertz CT molecular complexity index is 520. The van der Waals surface area contributed by atoms with Crippen LogP contribution in [0, 0.1) is 5.82 Å². The van der Waals surface area contributed by atoms with Gasteiger partial charge in [-0.05, 0) is 30.7 Å². The molecule has 0 aliphatic heterocycles. The van der Waals surface area contributed by atoms with E-state index in [-0.39, 0.29) is 11.9 Å². The minimum absolute atomic E-state index is 0.311. The Hall–Kier alpha value is -1.24. The predicted octanol–water partition coefficient (Wildman–Crippen LogP) is 2.36. The largest absolute Gasteiger partial charge is 0.334 e. The molecule has 2 rings (SSSR count). The van der Waals surface area contributed by atoms with Crippen LogP contribution in [0.4, 0.5) is 4.39 Å². The summed E-state index contributed by atoms with van der Waals surface area (Å²) in [6.45, 7) is 2.80. The fraction of sp³-hybridized carbons (Fsp3) is 0.250. The first-order valence-electron chi connectivity index (χ1n) is 5.58. The molecule has 0 saturated carbocycles. The van der Waals surface area contributed by atoms with E-state index in [4.69, 9.17) is 5.84 Å². The Labute approximate surface area is 113 Å². The van der Waals surface area contributed by atoms with Gasteiger partial charge in [0.1, 0.15) is 17.7 Å². The first-order chi connectivity index (χ1) is 8.65. The molecule has 3 N–H and O–H groups in total. The molecule has 1 atom stereocenters. The van der Waals surface area contributed by atoms with Gasteiger partial charge in [-0.2, -0.15) is 0 Å². The molecule has 1 heterocycles. The van der Waals surface area contributed by atoms with Gasteiger partial charge in [-0.25, -0.2) is 14.8 Å². The van der Waals surface area contributed by atoms with E-state index >= 15 is 0 Å². The molecule has 4 nitrogen and oxygen atoms in total. The number of benzene rings is 1. The molecule has 0 radical (unpaired) electrons. The third-order valence-corrected chi connectivity index (χ3v) is 3.19. The van der Waals surface area contributed by atoms with Crippen molar-refractivity contribution in [3.63, 3.8) is 0 Å². The molecule has 0 aliphatic rings. The van der Waals surface area contributed by atoms with E-state index in [0.29, 0.717) is 4.47 Å². The van der Waals surface area contributed by atoms with Crippen LogP contribution in [0.1, 0.15) is 24.4 Å². The van der Waals surface area contributed by atoms with E-state index in [1.807, 2.05) is 23.8 Å². The molecule has 0 bridgehead atoms. The highest BCUT2D eigenvalue weighted by Crippen LogP contribution is 2.24. The monoisotopic (exact) mass is 312 g/mol. The van der Waals surface area contributed by atoms with Crippen LogP contribution >= 0.6 is 15.9 Å². The van der Waals surface area contributed by atoms with Crippen LogP contribution < -0.4 is 11.3 Å². The Morgan fingerprint density at radius 3 is 2.89 bits per heavy atom. The average Bonchev–Trinajstić information content (AvgIpc) is 2.77. The van der Waals surface area contributed by atoms with Crippen molar-refractivity contribution in [2.24, 2.45) is 5.84 Å². The summed E-state index contributed by atoms with van der Waals surface area (Å²) < 4.78 is 16.1. The fourth-order valence-electron chi connectivity index (χ4n) is 1.91. The zero-order valence-electron chi connectivity index (χ0n) is 9.90. The number of rotatable bonds is 4. The van der Waals surface area contributed by atoms with Crippen LogP contribution in [-0.2, 0) is 6.54 Å². The molecule has 6 heteroatoms. The molecule has 0 saturated heterocycles. The van der Waals surface area contributed by atoms with E-state index in [1.54, 1.807) is 6.20 Å². The molecule has 96 valence electrons. The second-order valence-corrected chi connectivity index (χ2v) is 4.79. The molecule has 0 fully saturated rings. The minimum atomic E-state index is -0.341. The van der Waals surface area contributed by atoms with Gasteiger partial charge in [0, 0.05) is 23.4 Å². The summed E-state index contributed by atoms with van der Waals surface area (Å²) in [6.07, 6.45) is 3.57. The van der Waals surface area contributed by atoms with Crippen LogP contribution in [0.25, 0.3) is 0 Å². The van der Waals surface area contributed by atoms with Crippen LogP contribution in [0.2, 0.25) is 0 Å². The Morgan fingerprint density at radius 2 is 2.28 bits per heavy atom. The molecular formula is C12H14BrFN4. The third-order valence-electron chi connectivity index (χ3n) is 2.73. The van der Waals surface area contributed by atoms with Gasteiger partial charge in [-0.3, -0.25) is 5.84 Å². The van der Waals surface area contributed by atoms with Gasteiger partial charge in [0.2, 0.25) is 0 Å². The maximum absolute atomic E-state index is 13.4. The molecule has 18 heavy (non-hydrogen) atoms. The fourth-order valence-corrected chi connectivity index (χ4v) is 2.39. The van der Waals surface area contributed by atoms with Crippen molar-refractivity contribution in [2.45, 2.75) is 19.5 Å². The first-order valence-corrected chi connectivity index (χ1v) is 6.38. The third kappa shape index (κ3) is 2.60. The van der Waals surface area contributed by atoms with Gasteiger partial charge >= 0.3 is 0 Å². The topological polar surface area (TPSA) is 55.9 Å². The number of imidazole rings is 1. The summed E-state index contributed by atoms with van der Waals surface area (Å²) in [7, 11) is 0. The lowest BCUT2D eigenvalue weighted by Crippen LogP contribution is -2.31. The number of hydrazine groups is 1. The summed E-state index contributed by atoms with van der Waals surface area (Å²) in [5.41, 5.74) is 3.41. The van der Waals surface area contributed by atoms with Crippen LogP contribution in [0.3, 0.4) is 0 Å². The SMILES string of the molecule is CCn1ccnc1C(NN)c1cc(F)cc(Br)c1. The van der Waals surface area contributed by atoms with Gasteiger partial charge in [0.15, 0.2) is 0 Å². The van der Waals surface area contributed by atoms with E-state index in [1.165, 1.54) is 12.1 Å². The van der Waals surface area contributed by atoms with Crippen molar-refractivity contribution >= 4 is 15.9 Å². The summed E-state index contributed by atoms with van der Waals surface area (Å²) >= 11 is 3.27. The average molecular weight is 313 g/mol. The van der Waals surface area contributed by atoms with E-state index in [0.717, 1.165) is 17.9 Å². The van der Waals surface area contributed by atoms with Crippen molar-refractivity contribution in [1.82, 2.24) is 15.0 Å². The molecule has 1 aromatic carbocycles. The van der Waals surface area contributed by atoms with Gasteiger partial charge < -0.3 is 4.57 Å². The lowest BCUT2D eigenvalue weighted by atomic mass is 10.1. The maximum atomic E-state index is 13.4. The number of halogens is 2. The standard InChI is InChI=1S/C12H14BrFN4/c1-2-18-4-3-16-12(18)11(17-15)8-5-9(13)7-10(14)6-8/h3-7,11,17H,2,15H2,1H3. The molecule has 0 spiro atoms. The maximum Gasteiger partial charge on any atom is 0.131 e. The number of nitrogens with two attached hydrogens (primary N) is 1. The zero-order chi connectivity index (χ0) is 13.1. The first kappa shape index (κ1) is 13.2. The van der Waals surface area contributed by atoms with Crippen LogP contribution in [-0.4, -0.2) is 9.55 Å². The molecule has 1 aromatic heterocycles. The summed E-state index contributed by atoms with van der Waals surface area (Å²) in [5, 5.41) is 0. The summed E-state index contributed by atoms with van der Waals surface area (Å²) in [6, 6.07) is 4.34. The van der Waals surface area contributed by atoms with Crippen molar-refractivity contribution in [3.8, 4) is 0 Å². The highest BCUT2D eigenvalue weighted by molar-refractivity contribution is 9.10.